The van der Waals surface area contributed by atoms with Gasteiger partial charge < -0.3 is 5.11 Å². The molecule has 2 aromatic rings. The molecule has 0 unspecified atom stereocenters. The molecule has 0 radical (unpaired) electrons. The Morgan fingerprint density at radius 1 is 1.18 bits per heavy atom. The molecule has 0 fully saturated rings. The molecular formula is C14H13NO2. The van der Waals surface area contributed by atoms with E-state index in [4.69, 9.17) is 5.11 Å². The van der Waals surface area contributed by atoms with Crippen molar-refractivity contribution in [3.63, 3.8) is 0 Å². The van der Waals surface area contributed by atoms with Crippen molar-refractivity contribution in [2.75, 3.05) is 0 Å². The van der Waals surface area contributed by atoms with E-state index in [1.54, 1.807) is 0 Å². The van der Waals surface area contributed by atoms with Crippen LogP contribution in [0.5, 0.6) is 0 Å². The molecule has 1 heterocycles. The number of hydrogen-bond acceptors (Lipinski definition) is 3. The predicted molar refractivity (Wildman–Crippen MR) is 65.7 cm³/mol. The number of aliphatic hydroxyl groups is 1. The number of hydrogen-bond donors (Lipinski definition) is 1. The molecule has 0 aliphatic carbocycles. The minimum atomic E-state index is 0.0290. The maximum absolute atomic E-state index is 10.8. The molecule has 0 aliphatic rings. The summed E-state index contributed by atoms with van der Waals surface area (Å²) in [5, 5.41) is 8.96. The van der Waals surface area contributed by atoms with Gasteiger partial charge >= 0.3 is 0 Å². The number of carbonyl (C=O) groups excluding carboxylic acids is 1. The first-order chi connectivity index (χ1) is 8.24. The SMILES string of the molecule is Cc1ccc(-c2ccc(CO)cc2)nc1C=O. The van der Waals surface area contributed by atoms with Gasteiger partial charge in [-0.3, -0.25) is 4.79 Å². The van der Waals surface area contributed by atoms with Gasteiger partial charge in [-0.1, -0.05) is 30.3 Å². The Bertz CT molecular complexity index is 532. The van der Waals surface area contributed by atoms with Gasteiger partial charge in [-0.25, -0.2) is 4.98 Å². The van der Waals surface area contributed by atoms with Gasteiger partial charge in [-0.05, 0) is 24.1 Å². The van der Waals surface area contributed by atoms with E-state index in [0.29, 0.717) is 5.69 Å². The Morgan fingerprint density at radius 3 is 2.47 bits per heavy atom. The molecule has 1 aromatic heterocycles. The van der Waals surface area contributed by atoms with E-state index in [2.05, 4.69) is 4.98 Å². The van der Waals surface area contributed by atoms with Crippen molar-refractivity contribution in [3.05, 3.63) is 53.2 Å². The van der Waals surface area contributed by atoms with Crippen molar-refractivity contribution in [2.45, 2.75) is 13.5 Å². The van der Waals surface area contributed by atoms with Gasteiger partial charge in [0.15, 0.2) is 6.29 Å². The van der Waals surface area contributed by atoms with Gasteiger partial charge in [-0.2, -0.15) is 0 Å². The van der Waals surface area contributed by atoms with Crippen molar-refractivity contribution < 1.29 is 9.90 Å². The van der Waals surface area contributed by atoms with Crippen LogP contribution in [0.4, 0.5) is 0 Å². The zero-order valence-corrected chi connectivity index (χ0v) is 9.55. The van der Waals surface area contributed by atoms with E-state index < -0.39 is 0 Å². The van der Waals surface area contributed by atoms with Crippen LogP contribution in [0.25, 0.3) is 11.3 Å². The lowest BCUT2D eigenvalue weighted by atomic mass is 10.1. The highest BCUT2D eigenvalue weighted by Gasteiger charge is 2.03. The number of benzene rings is 1. The number of rotatable bonds is 3. The van der Waals surface area contributed by atoms with Gasteiger partial charge in [-0.15, -0.1) is 0 Å². The monoisotopic (exact) mass is 227 g/mol. The van der Waals surface area contributed by atoms with Gasteiger partial charge in [0.05, 0.1) is 12.3 Å². The summed E-state index contributed by atoms with van der Waals surface area (Å²) < 4.78 is 0. The van der Waals surface area contributed by atoms with E-state index in [1.807, 2.05) is 43.3 Å². The highest BCUT2D eigenvalue weighted by Crippen LogP contribution is 2.19. The number of aromatic nitrogens is 1. The smallest absolute Gasteiger partial charge is 0.168 e. The van der Waals surface area contributed by atoms with Crippen molar-refractivity contribution in [2.24, 2.45) is 0 Å². The lowest BCUT2D eigenvalue weighted by molar-refractivity contribution is 0.111. The summed E-state index contributed by atoms with van der Waals surface area (Å²) in [4.78, 5) is 15.1. The summed E-state index contributed by atoms with van der Waals surface area (Å²) in [5.74, 6) is 0. The van der Waals surface area contributed by atoms with Gasteiger partial charge in [0.1, 0.15) is 5.69 Å². The third-order valence-electron chi connectivity index (χ3n) is 2.68. The molecule has 2 rings (SSSR count). The van der Waals surface area contributed by atoms with E-state index in [9.17, 15) is 4.79 Å². The van der Waals surface area contributed by atoms with Crippen LogP contribution in [-0.2, 0) is 6.61 Å². The number of aliphatic hydroxyl groups excluding tert-OH is 1. The van der Waals surface area contributed by atoms with E-state index >= 15 is 0 Å². The first-order valence-electron chi connectivity index (χ1n) is 5.37. The zero-order valence-electron chi connectivity index (χ0n) is 9.55. The zero-order chi connectivity index (χ0) is 12.3. The lowest BCUT2D eigenvalue weighted by Crippen LogP contribution is -1.94. The number of carbonyl (C=O) groups is 1. The molecule has 0 atom stereocenters. The molecule has 17 heavy (non-hydrogen) atoms. The van der Waals surface area contributed by atoms with Gasteiger partial charge in [0.25, 0.3) is 0 Å². The second-order valence-electron chi connectivity index (χ2n) is 3.87. The molecule has 3 heteroatoms. The second-order valence-corrected chi connectivity index (χ2v) is 3.87. The Balaban J connectivity index is 2.41. The van der Waals surface area contributed by atoms with E-state index in [0.717, 1.165) is 28.7 Å². The third kappa shape index (κ3) is 2.40. The molecule has 0 saturated heterocycles. The molecule has 86 valence electrons. The second kappa shape index (κ2) is 4.89. The van der Waals surface area contributed by atoms with Crippen molar-refractivity contribution in [1.82, 2.24) is 4.98 Å². The maximum Gasteiger partial charge on any atom is 0.168 e. The number of pyridine rings is 1. The number of nitrogens with zero attached hydrogens (tertiary/aromatic N) is 1. The molecule has 1 aromatic carbocycles. The molecule has 0 saturated carbocycles. The van der Waals surface area contributed by atoms with Crippen LogP contribution in [0.3, 0.4) is 0 Å². The standard InChI is InChI=1S/C14H13NO2/c1-10-2-7-13(15-14(10)9-17)12-5-3-11(8-16)4-6-12/h2-7,9,16H,8H2,1H3. The third-order valence-corrected chi connectivity index (χ3v) is 2.68. The Morgan fingerprint density at radius 2 is 1.88 bits per heavy atom. The average molecular weight is 227 g/mol. The maximum atomic E-state index is 10.8. The minimum absolute atomic E-state index is 0.0290. The van der Waals surface area contributed by atoms with Crippen LogP contribution in [0.15, 0.2) is 36.4 Å². The Hall–Kier alpha value is -2.00. The summed E-state index contributed by atoms with van der Waals surface area (Å²) in [7, 11) is 0. The fourth-order valence-corrected chi connectivity index (χ4v) is 1.61. The highest BCUT2D eigenvalue weighted by molar-refractivity contribution is 5.76. The summed E-state index contributed by atoms with van der Waals surface area (Å²) in [6, 6.07) is 11.2. The minimum Gasteiger partial charge on any atom is -0.392 e. The van der Waals surface area contributed by atoms with E-state index in [1.165, 1.54) is 0 Å². The summed E-state index contributed by atoms with van der Waals surface area (Å²) in [5.41, 5.74) is 3.90. The predicted octanol–water partition coefficient (Wildman–Crippen LogP) is 2.36. The molecule has 1 N–H and O–H groups in total. The number of aldehydes is 1. The summed E-state index contributed by atoms with van der Waals surface area (Å²) in [6.07, 6.45) is 0.765. The van der Waals surface area contributed by atoms with Crippen LogP contribution in [0.2, 0.25) is 0 Å². The van der Waals surface area contributed by atoms with Gasteiger partial charge in [0.2, 0.25) is 0 Å². The molecule has 0 bridgehead atoms. The highest BCUT2D eigenvalue weighted by atomic mass is 16.3. The van der Waals surface area contributed by atoms with Crippen molar-refractivity contribution in [1.29, 1.82) is 0 Å². The molecule has 0 aliphatic heterocycles. The first-order valence-corrected chi connectivity index (χ1v) is 5.37. The van der Waals surface area contributed by atoms with Crippen LogP contribution >= 0.6 is 0 Å². The van der Waals surface area contributed by atoms with Gasteiger partial charge in [0, 0.05) is 5.56 Å². The van der Waals surface area contributed by atoms with E-state index in [-0.39, 0.29) is 6.61 Å². The van der Waals surface area contributed by atoms with Crippen LogP contribution in [0, 0.1) is 6.92 Å². The van der Waals surface area contributed by atoms with Crippen molar-refractivity contribution >= 4 is 6.29 Å². The molecule has 0 spiro atoms. The molecular weight excluding hydrogens is 214 g/mol. The molecule has 3 nitrogen and oxygen atoms in total. The average Bonchev–Trinajstić information content (AvgIpc) is 2.39. The fraction of sp³-hybridized carbons (Fsp3) is 0.143. The topological polar surface area (TPSA) is 50.2 Å². The molecule has 0 amide bonds. The van der Waals surface area contributed by atoms with Crippen LogP contribution in [-0.4, -0.2) is 16.4 Å². The lowest BCUT2D eigenvalue weighted by Gasteiger charge is -2.04. The van der Waals surface area contributed by atoms with Crippen molar-refractivity contribution in [3.8, 4) is 11.3 Å². The quantitative estimate of drug-likeness (QED) is 0.819. The summed E-state index contributed by atoms with van der Waals surface area (Å²) in [6.45, 7) is 1.89. The Labute approximate surface area is 99.8 Å². The largest absolute Gasteiger partial charge is 0.392 e. The van der Waals surface area contributed by atoms with Crippen LogP contribution in [0.1, 0.15) is 21.6 Å². The van der Waals surface area contributed by atoms with Crippen LogP contribution < -0.4 is 0 Å². The number of aryl methyl sites for hydroxylation is 1. The Kier molecular flexibility index (Phi) is 3.30. The fourth-order valence-electron chi connectivity index (χ4n) is 1.61. The normalized spacial score (nSPS) is 10.2. The summed E-state index contributed by atoms with van der Waals surface area (Å²) >= 11 is 0. The first kappa shape index (κ1) is 11.5.